The van der Waals surface area contributed by atoms with Gasteiger partial charge in [-0.05, 0) is 24.1 Å². The van der Waals surface area contributed by atoms with Crippen molar-refractivity contribution in [1.29, 1.82) is 5.26 Å². The van der Waals surface area contributed by atoms with Crippen LogP contribution in [0.4, 0.5) is 0 Å². The van der Waals surface area contributed by atoms with Gasteiger partial charge >= 0.3 is 0 Å². The summed E-state index contributed by atoms with van der Waals surface area (Å²) in [5.41, 5.74) is 8.01. The second kappa shape index (κ2) is 9.18. The van der Waals surface area contributed by atoms with Crippen molar-refractivity contribution in [2.24, 2.45) is 5.73 Å². The summed E-state index contributed by atoms with van der Waals surface area (Å²) < 4.78 is 12.3. The van der Waals surface area contributed by atoms with Crippen LogP contribution in [0, 0.1) is 11.3 Å². The van der Waals surface area contributed by atoms with Gasteiger partial charge in [-0.25, -0.2) is 0 Å². The lowest BCUT2D eigenvalue weighted by Gasteiger charge is -2.34. The maximum Gasteiger partial charge on any atom is 0.126 e. The molecule has 2 atom stereocenters. The summed E-state index contributed by atoms with van der Waals surface area (Å²) in [6.07, 6.45) is 0. The van der Waals surface area contributed by atoms with Crippen molar-refractivity contribution in [1.82, 2.24) is 0 Å². The number of nitrogens with two attached hydrogens (primary N) is 1. The number of nitriles is 1. The third kappa shape index (κ3) is 4.58. The predicted molar refractivity (Wildman–Crippen MR) is 109 cm³/mol. The second-order valence-electron chi connectivity index (χ2n) is 6.76. The van der Waals surface area contributed by atoms with Gasteiger partial charge in [0.2, 0.25) is 0 Å². The summed E-state index contributed by atoms with van der Waals surface area (Å²) in [5.74, 6) is 0.660. The standard InChI is InChI=1S/C24H24N2O2/c1-24(23(26)16-25,28-18-20-12-6-3-7-13-20)21-14-8-9-15-22(21)27-17-19-10-4-2-5-11-19/h2-15,23H,17-18,26H2,1H3. The molecular formula is C24H24N2O2. The van der Waals surface area contributed by atoms with Crippen LogP contribution in [0.2, 0.25) is 0 Å². The summed E-state index contributed by atoms with van der Waals surface area (Å²) >= 11 is 0. The molecule has 28 heavy (non-hydrogen) atoms. The Hall–Kier alpha value is -3.13. The van der Waals surface area contributed by atoms with Gasteiger partial charge in [-0.15, -0.1) is 0 Å². The third-order valence-electron chi connectivity index (χ3n) is 4.77. The Morgan fingerprint density at radius 3 is 2.00 bits per heavy atom. The molecule has 0 aromatic heterocycles. The SMILES string of the molecule is CC(OCc1ccccc1)(c1ccccc1OCc1ccccc1)C(N)C#N. The van der Waals surface area contributed by atoms with Crippen LogP contribution in [0.25, 0.3) is 0 Å². The molecule has 142 valence electrons. The quantitative estimate of drug-likeness (QED) is 0.630. The predicted octanol–water partition coefficient (Wildman–Crippen LogP) is 4.55. The van der Waals surface area contributed by atoms with Crippen LogP contribution in [0.3, 0.4) is 0 Å². The number of nitrogens with zero attached hydrogens (tertiary/aromatic N) is 1. The lowest BCUT2D eigenvalue weighted by molar-refractivity contribution is -0.0568. The molecule has 0 saturated carbocycles. The zero-order valence-electron chi connectivity index (χ0n) is 15.9. The van der Waals surface area contributed by atoms with E-state index in [0.29, 0.717) is 19.0 Å². The highest BCUT2D eigenvalue weighted by Crippen LogP contribution is 2.36. The van der Waals surface area contributed by atoms with Crippen molar-refractivity contribution in [2.75, 3.05) is 0 Å². The fourth-order valence-corrected chi connectivity index (χ4v) is 3.00. The number of hydrogen-bond acceptors (Lipinski definition) is 4. The van der Waals surface area contributed by atoms with Gasteiger partial charge in [0.15, 0.2) is 0 Å². The summed E-state index contributed by atoms with van der Waals surface area (Å²) in [6, 6.07) is 28.6. The minimum absolute atomic E-state index is 0.347. The molecule has 3 aromatic carbocycles. The van der Waals surface area contributed by atoms with Gasteiger partial charge in [-0.2, -0.15) is 5.26 Å². The van der Waals surface area contributed by atoms with Gasteiger partial charge in [0.1, 0.15) is 24.0 Å². The fraction of sp³-hybridized carbons (Fsp3) is 0.208. The Balaban J connectivity index is 1.86. The number of benzene rings is 3. The van der Waals surface area contributed by atoms with Crippen molar-refractivity contribution in [3.05, 3.63) is 102 Å². The summed E-state index contributed by atoms with van der Waals surface area (Å²) in [6.45, 7) is 2.61. The normalized spacial score (nSPS) is 13.9. The molecule has 0 fully saturated rings. The Labute approximate surface area is 166 Å². The van der Waals surface area contributed by atoms with E-state index < -0.39 is 11.6 Å². The second-order valence-corrected chi connectivity index (χ2v) is 6.76. The molecule has 0 aliphatic heterocycles. The molecule has 0 radical (unpaired) electrons. The maximum absolute atomic E-state index is 9.53. The largest absolute Gasteiger partial charge is 0.489 e. The zero-order valence-corrected chi connectivity index (χ0v) is 15.9. The van der Waals surface area contributed by atoms with Crippen molar-refractivity contribution in [3.8, 4) is 11.8 Å². The fourth-order valence-electron chi connectivity index (χ4n) is 3.00. The minimum atomic E-state index is -1.02. The molecule has 3 rings (SSSR count). The molecule has 0 amide bonds. The van der Waals surface area contributed by atoms with Gasteiger partial charge in [0.25, 0.3) is 0 Å². The molecule has 0 saturated heterocycles. The van der Waals surface area contributed by atoms with Crippen LogP contribution in [0.5, 0.6) is 5.75 Å². The highest BCUT2D eigenvalue weighted by Gasteiger charge is 2.37. The Bertz CT molecular complexity index is 922. The molecule has 4 heteroatoms. The summed E-state index contributed by atoms with van der Waals surface area (Å²) in [7, 11) is 0. The van der Waals surface area contributed by atoms with Gasteiger partial charge in [0.05, 0.1) is 12.7 Å². The van der Waals surface area contributed by atoms with E-state index in [9.17, 15) is 5.26 Å². The van der Waals surface area contributed by atoms with Crippen molar-refractivity contribution < 1.29 is 9.47 Å². The number of ether oxygens (including phenoxy) is 2. The third-order valence-corrected chi connectivity index (χ3v) is 4.77. The van der Waals surface area contributed by atoms with Gasteiger partial charge < -0.3 is 15.2 Å². The van der Waals surface area contributed by atoms with Crippen molar-refractivity contribution in [2.45, 2.75) is 31.8 Å². The van der Waals surface area contributed by atoms with Crippen molar-refractivity contribution >= 4 is 0 Å². The Morgan fingerprint density at radius 1 is 0.857 bits per heavy atom. The van der Waals surface area contributed by atoms with E-state index in [4.69, 9.17) is 15.2 Å². The topological polar surface area (TPSA) is 68.3 Å². The first-order valence-corrected chi connectivity index (χ1v) is 9.23. The number of rotatable bonds is 8. The molecule has 2 N–H and O–H groups in total. The molecule has 0 aliphatic carbocycles. The molecule has 2 unspecified atom stereocenters. The molecule has 3 aromatic rings. The first-order chi connectivity index (χ1) is 13.6. The monoisotopic (exact) mass is 372 g/mol. The highest BCUT2D eigenvalue weighted by atomic mass is 16.5. The molecule has 0 heterocycles. The van der Waals surface area contributed by atoms with Gasteiger partial charge in [-0.1, -0.05) is 78.9 Å². The van der Waals surface area contributed by atoms with Crippen LogP contribution >= 0.6 is 0 Å². The first kappa shape index (κ1) is 19.6. The lowest BCUT2D eigenvalue weighted by Crippen LogP contribution is -2.44. The van der Waals surface area contributed by atoms with E-state index >= 15 is 0 Å². The maximum atomic E-state index is 9.53. The Morgan fingerprint density at radius 2 is 1.39 bits per heavy atom. The van der Waals surface area contributed by atoms with Gasteiger partial charge in [0, 0.05) is 5.56 Å². The summed E-state index contributed by atoms with van der Waals surface area (Å²) in [5, 5.41) is 9.53. The van der Waals surface area contributed by atoms with Crippen LogP contribution in [0.1, 0.15) is 23.6 Å². The first-order valence-electron chi connectivity index (χ1n) is 9.23. The number of hydrogen-bond donors (Lipinski definition) is 1. The molecular weight excluding hydrogens is 348 g/mol. The average Bonchev–Trinajstić information content (AvgIpc) is 2.77. The van der Waals surface area contributed by atoms with E-state index in [1.165, 1.54) is 0 Å². The van der Waals surface area contributed by atoms with Crippen LogP contribution < -0.4 is 10.5 Å². The van der Waals surface area contributed by atoms with Crippen LogP contribution in [0.15, 0.2) is 84.9 Å². The highest BCUT2D eigenvalue weighted by molar-refractivity contribution is 5.40. The Kier molecular flexibility index (Phi) is 6.44. The number of para-hydroxylation sites is 1. The molecule has 0 bridgehead atoms. The summed E-state index contributed by atoms with van der Waals surface area (Å²) in [4.78, 5) is 0. The molecule has 0 spiro atoms. The van der Waals surface area contributed by atoms with Crippen LogP contribution in [-0.4, -0.2) is 6.04 Å². The van der Waals surface area contributed by atoms with E-state index in [-0.39, 0.29) is 0 Å². The van der Waals surface area contributed by atoms with Crippen molar-refractivity contribution in [3.63, 3.8) is 0 Å². The van der Waals surface area contributed by atoms with E-state index in [2.05, 4.69) is 6.07 Å². The molecule has 4 nitrogen and oxygen atoms in total. The van der Waals surface area contributed by atoms with E-state index in [1.54, 1.807) is 0 Å². The van der Waals surface area contributed by atoms with Crippen LogP contribution in [-0.2, 0) is 23.6 Å². The average molecular weight is 372 g/mol. The van der Waals surface area contributed by atoms with E-state index in [1.807, 2.05) is 91.9 Å². The molecule has 0 aliphatic rings. The van der Waals surface area contributed by atoms with Gasteiger partial charge in [-0.3, -0.25) is 0 Å². The lowest BCUT2D eigenvalue weighted by atomic mass is 9.88. The minimum Gasteiger partial charge on any atom is -0.489 e. The van der Waals surface area contributed by atoms with E-state index in [0.717, 1.165) is 16.7 Å². The zero-order chi connectivity index (χ0) is 19.8. The smallest absolute Gasteiger partial charge is 0.126 e.